The molecule has 0 spiro atoms. The van der Waals surface area contributed by atoms with Gasteiger partial charge in [-0.25, -0.2) is 9.50 Å². The molecule has 0 saturated heterocycles. The molecule has 0 fully saturated rings. The molecule has 0 saturated carbocycles. The third kappa shape index (κ3) is 3.04. The summed E-state index contributed by atoms with van der Waals surface area (Å²) in [6, 6.07) is 6.89. The van der Waals surface area contributed by atoms with Crippen molar-refractivity contribution in [3.8, 4) is 11.5 Å². The first-order chi connectivity index (χ1) is 16.0. The molecule has 33 heavy (non-hydrogen) atoms. The molecule has 0 bridgehead atoms. The summed E-state index contributed by atoms with van der Waals surface area (Å²) in [5.41, 5.74) is 4.70. The SMILES string of the molecule is Cc1c(-c2nnc(C(=O)N3CCc4[nH]cnc4C3c3cc4cccc(Cl)n4n3)o2)cnn1C. The van der Waals surface area contributed by atoms with Crippen LogP contribution in [0, 0.1) is 6.92 Å². The van der Waals surface area contributed by atoms with Crippen LogP contribution in [-0.2, 0) is 13.5 Å². The normalized spacial score (nSPS) is 15.8. The lowest BCUT2D eigenvalue weighted by Gasteiger charge is -2.32. The van der Waals surface area contributed by atoms with Crippen LogP contribution < -0.4 is 0 Å². The quantitative estimate of drug-likeness (QED) is 0.408. The van der Waals surface area contributed by atoms with Crippen molar-refractivity contribution in [2.24, 2.45) is 7.05 Å². The molecule has 0 aromatic carbocycles. The Bertz CT molecular complexity index is 1510. The zero-order chi connectivity index (χ0) is 22.7. The van der Waals surface area contributed by atoms with E-state index in [0.717, 1.165) is 22.6 Å². The lowest BCUT2D eigenvalue weighted by atomic mass is 9.99. The molecular weight excluding hydrogens is 446 g/mol. The van der Waals surface area contributed by atoms with Gasteiger partial charge in [0, 0.05) is 31.4 Å². The van der Waals surface area contributed by atoms with E-state index < -0.39 is 11.9 Å². The standard InChI is InChI=1S/C21H18ClN9O2/c1-11-13(9-25-29(11)2)19-26-27-20(33-19)21(32)30-7-6-14-17(24-10-23-14)18(30)15-8-12-4-3-5-16(22)31(12)28-15/h3-5,8-10,18H,6-7H2,1-2H3,(H,23,24). The Hall–Kier alpha value is -3.99. The number of nitrogens with one attached hydrogen (secondary N) is 1. The second-order valence-corrected chi connectivity index (χ2v) is 8.24. The van der Waals surface area contributed by atoms with Crippen LogP contribution in [0.2, 0.25) is 5.15 Å². The predicted molar refractivity (Wildman–Crippen MR) is 117 cm³/mol. The molecule has 1 N–H and O–H groups in total. The topological polar surface area (TPSA) is 123 Å². The number of aryl methyl sites for hydroxylation is 1. The van der Waals surface area contributed by atoms with Crippen molar-refractivity contribution in [2.75, 3.05) is 6.54 Å². The molecule has 166 valence electrons. The second kappa shape index (κ2) is 7.27. The molecule has 1 aliphatic heterocycles. The van der Waals surface area contributed by atoms with Crippen LogP contribution in [0.1, 0.15) is 39.5 Å². The third-order valence-electron chi connectivity index (χ3n) is 6.00. The minimum atomic E-state index is -0.529. The minimum Gasteiger partial charge on any atom is -0.412 e. The number of aromatic amines is 1. The highest BCUT2D eigenvalue weighted by atomic mass is 35.5. The molecular formula is C21H18ClN9O2. The van der Waals surface area contributed by atoms with Crippen LogP contribution >= 0.6 is 11.6 Å². The van der Waals surface area contributed by atoms with Crippen LogP contribution in [0.3, 0.4) is 0 Å². The number of rotatable bonds is 3. The van der Waals surface area contributed by atoms with E-state index in [1.54, 1.807) is 32.7 Å². The van der Waals surface area contributed by atoms with Gasteiger partial charge in [0.1, 0.15) is 11.2 Å². The maximum atomic E-state index is 13.5. The molecule has 6 rings (SSSR count). The fraction of sp³-hybridized carbons (Fsp3) is 0.238. The van der Waals surface area contributed by atoms with Crippen molar-refractivity contribution in [1.29, 1.82) is 0 Å². The van der Waals surface area contributed by atoms with Gasteiger partial charge in [0.05, 0.1) is 35.0 Å². The number of aromatic nitrogens is 8. The Balaban J connectivity index is 1.41. The molecule has 6 heterocycles. The van der Waals surface area contributed by atoms with Crippen molar-refractivity contribution >= 4 is 23.0 Å². The fourth-order valence-corrected chi connectivity index (χ4v) is 4.39. The van der Waals surface area contributed by atoms with Crippen molar-refractivity contribution in [2.45, 2.75) is 19.4 Å². The Labute approximate surface area is 192 Å². The maximum Gasteiger partial charge on any atom is 0.312 e. The van der Waals surface area contributed by atoms with Crippen molar-refractivity contribution < 1.29 is 9.21 Å². The number of nitrogens with zero attached hydrogens (tertiary/aromatic N) is 8. The average molecular weight is 464 g/mol. The third-order valence-corrected chi connectivity index (χ3v) is 6.28. The summed E-state index contributed by atoms with van der Waals surface area (Å²) >= 11 is 6.32. The second-order valence-electron chi connectivity index (χ2n) is 7.85. The molecule has 1 aliphatic rings. The van der Waals surface area contributed by atoms with Crippen LogP contribution in [0.4, 0.5) is 0 Å². The monoisotopic (exact) mass is 463 g/mol. The molecule has 1 amide bonds. The molecule has 12 heteroatoms. The number of halogens is 1. The highest BCUT2D eigenvalue weighted by Gasteiger charge is 2.38. The predicted octanol–water partition coefficient (Wildman–Crippen LogP) is 2.59. The molecule has 5 aromatic rings. The summed E-state index contributed by atoms with van der Waals surface area (Å²) in [5, 5.41) is 17.4. The minimum absolute atomic E-state index is 0.0981. The van der Waals surface area contributed by atoms with Crippen molar-refractivity contribution in [3.05, 3.63) is 70.6 Å². The van der Waals surface area contributed by atoms with Gasteiger partial charge in [-0.2, -0.15) is 10.2 Å². The largest absolute Gasteiger partial charge is 0.412 e. The van der Waals surface area contributed by atoms with E-state index in [2.05, 4.69) is 30.4 Å². The number of hydrogen-bond acceptors (Lipinski definition) is 7. The van der Waals surface area contributed by atoms with Gasteiger partial charge in [-0.15, -0.1) is 10.2 Å². The summed E-state index contributed by atoms with van der Waals surface area (Å²) in [6.07, 6.45) is 3.88. The fourth-order valence-electron chi connectivity index (χ4n) is 4.18. The van der Waals surface area contributed by atoms with Crippen LogP contribution in [-0.4, -0.2) is 56.9 Å². The van der Waals surface area contributed by atoms with Crippen LogP contribution in [0.25, 0.3) is 17.0 Å². The van der Waals surface area contributed by atoms with Gasteiger partial charge < -0.3 is 14.3 Å². The molecule has 1 atom stereocenters. The number of hydrogen-bond donors (Lipinski definition) is 1. The summed E-state index contributed by atoms with van der Waals surface area (Å²) in [7, 11) is 1.82. The number of amides is 1. The van der Waals surface area contributed by atoms with Gasteiger partial charge >= 0.3 is 11.8 Å². The summed E-state index contributed by atoms with van der Waals surface area (Å²) in [6.45, 7) is 2.33. The van der Waals surface area contributed by atoms with E-state index in [1.165, 1.54) is 0 Å². The van der Waals surface area contributed by atoms with Crippen molar-refractivity contribution in [1.82, 2.24) is 44.5 Å². The molecule has 11 nitrogen and oxygen atoms in total. The first kappa shape index (κ1) is 19.7. The van der Waals surface area contributed by atoms with E-state index in [4.69, 9.17) is 16.0 Å². The Morgan fingerprint density at radius 1 is 1.30 bits per heavy atom. The van der Waals surface area contributed by atoms with E-state index in [1.807, 2.05) is 32.2 Å². The molecule has 1 unspecified atom stereocenters. The summed E-state index contributed by atoms with van der Waals surface area (Å²) < 4.78 is 9.11. The van der Waals surface area contributed by atoms with Gasteiger partial charge in [-0.05, 0) is 25.1 Å². The zero-order valence-corrected chi connectivity index (χ0v) is 18.5. The highest BCUT2D eigenvalue weighted by Crippen LogP contribution is 2.35. The van der Waals surface area contributed by atoms with Crippen LogP contribution in [0.15, 0.2) is 41.2 Å². The Kier molecular flexibility index (Phi) is 4.34. The van der Waals surface area contributed by atoms with E-state index >= 15 is 0 Å². The van der Waals surface area contributed by atoms with Gasteiger partial charge in [0.15, 0.2) is 0 Å². The number of fused-ring (bicyclic) bond motifs is 2. The van der Waals surface area contributed by atoms with E-state index in [9.17, 15) is 4.79 Å². The van der Waals surface area contributed by atoms with Gasteiger partial charge in [-0.3, -0.25) is 9.48 Å². The molecule has 0 radical (unpaired) electrons. The molecule has 0 aliphatic carbocycles. The highest BCUT2D eigenvalue weighted by molar-refractivity contribution is 6.29. The number of carbonyl (C=O) groups is 1. The molecule has 5 aromatic heterocycles. The Morgan fingerprint density at radius 3 is 2.97 bits per heavy atom. The smallest absolute Gasteiger partial charge is 0.312 e. The van der Waals surface area contributed by atoms with Gasteiger partial charge in [0.2, 0.25) is 0 Å². The summed E-state index contributed by atoms with van der Waals surface area (Å²) in [5.74, 6) is -0.242. The van der Waals surface area contributed by atoms with Gasteiger partial charge in [0.25, 0.3) is 5.89 Å². The first-order valence-electron chi connectivity index (χ1n) is 10.3. The van der Waals surface area contributed by atoms with E-state index in [-0.39, 0.29) is 11.8 Å². The lowest BCUT2D eigenvalue weighted by molar-refractivity contribution is 0.0646. The number of imidazole rings is 1. The first-order valence-corrected chi connectivity index (χ1v) is 10.7. The van der Waals surface area contributed by atoms with Gasteiger partial charge in [-0.1, -0.05) is 17.7 Å². The zero-order valence-electron chi connectivity index (χ0n) is 17.7. The number of H-pyrrole nitrogens is 1. The lowest BCUT2D eigenvalue weighted by Crippen LogP contribution is -2.41. The maximum absolute atomic E-state index is 13.5. The van der Waals surface area contributed by atoms with Crippen molar-refractivity contribution in [3.63, 3.8) is 0 Å². The number of carbonyl (C=O) groups excluding carboxylic acids is 1. The average Bonchev–Trinajstić information content (AvgIpc) is 3.60. The number of pyridine rings is 1. The van der Waals surface area contributed by atoms with E-state index in [0.29, 0.717) is 29.4 Å². The Morgan fingerprint density at radius 2 is 2.18 bits per heavy atom. The summed E-state index contributed by atoms with van der Waals surface area (Å²) in [4.78, 5) is 22.9. The van der Waals surface area contributed by atoms with Crippen LogP contribution in [0.5, 0.6) is 0 Å².